The second-order valence-electron chi connectivity index (χ2n) is 4.38. The summed E-state index contributed by atoms with van der Waals surface area (Å²) in [6.07, 6.45) is 2.11. The number of hydrazine groups is 1. The Kier molecular flexibility index (Phi) is 4.59. The molecule has 1 atom stereocenters. The Morgan fingerprint density at radius 1 is 1.55 bits per heavy atom. The first kappa shape index (κ1) is 14.8. The molecule has 0 radical (unpaired) electrons. The van der Waals surface area contributed by atoms with Gasteiger partial charge in [0.05, 0.1) is 25.0 Å². The predicted octanol–water partition coefficient (Wildman–Crippen LogP) is 1.97. The summed E-state index contributed by atoms with van der Waals surface area (Å²) < 4.78 is 20.0. The maximum Gasteiger partial charge on any atom is 0.161 e. The SMILES string of the molecule is COc1cnn(C)c1C(Cc1ccc(F)cc1Cl)NN. The van der Waals surface area contributed by atoms with Crippen molar-refractivity contribution in [2.45, 2.75) is 12.5 Å². The number of nitrogens with one attached hydrogen (secondary N) is 1. The van der Waals surface area contributed by atoms with E-state index < -0.39 is 0 Å². The van der Waals surface area contributed by atoms with E-state index in [1.54, 1.807) is 31.1 Å². The molecule has 0 amide bonds. The monoisotopic (exact) mass is 298 g/mol. The van der Waals surface area contributed by atoms with E-state index in [9.17, 15) is 4.39 Å². The zero-order valence-electron chi connectivity index (χ0n) is 11.2. The van der Waals surface area contributed by atoms with Gasteiger partial charge in [-0.25, -0.2) is 4.39 Å². The Morgan fingerprint density at radius 2 is 2.30 bits per heavy atom. The molecule has 1 unspecified atom stereocenters. The molecule has 0 spiro atoms. The number of ether oxygens (including phenoxy) is 1. The molecule has 0 aliphatic carbocycles. The van der Waals surface area contributed by atoms with Crippen LogP contribution in [-0.4, -0.2) is 16.9 Å². The first-order valence-corrected chi connectivity index (χ1v) is 6.40. The van der Waals surface area contributed by atoms with Crippen LogP contribution in [0.1, 0.15) is 17.3 Å². The maximum atomic E-state index is 13.1. The van der Waals surface area contributed by atoms with Gasteiger partial charge in [0.25, 0.3) is 0 Å². The van der Waals surface area contributed by atoms with Gasteiger partial charge >= 0.3 is 0 Å². The molecule has 0 fully saturated rings. The standard InChI is InChI=1S/C13H16ClFN4O/c1-19-13(12(20-2)7-17-19)11(18-16)5-8-3-4-9(15)6-10(8)14/h3-4,6-7,11,18H,5,16H2,1-2H3. The lowest BCUT2D eigenvalue weighted by atomic mass is 10.0. The van der Waals surface area contributed by atoms with Gasteiger partial charge in [-0.1, -0.05) is 17.7 Å². The molecule has 20 heavy (non-hydrogen) atoms. The lowest BCUT2D eigenvalue weighted by Gasteiger charge is -2.18. The average Bonchev–Trinajstić information content (AvgIpc) is 2.79. The van der Waals surface area contributed by atoms with Crippen LogP contribution in [0, 0.1) is 5.82 Å². The van der Waals surface area contributed by atoms with Gasteiger partial charge in [0.15, 0.2) is 5.75 Å². The van der Waals surface area contributed by atoms with E-state index in [0.29, 0.717) is 17.2 Å². The van der Waals surface area contributed by atoms with Crippen molar-refractivity contribution in [3.63, 3.8) is 0 Å². The Balaban J connectivity index is 2.31. The van der Waals surface area contributed by atoms with Gasteiger partial charge in [-0.05, 0) is 24.1 Å². The second kappa shape index (κ2) is 6.21. The molecule has 7 heteroatoms. The highest BCUT2D eigenvalue weighted by Crippen LogP contribution is 2.28. The normalized spacial score (nSPS) is 12.4. The van der Waals surface area contributed by atoms with Crippen LogP contribution in [0.5, 0.6) is 5.75 Å². The number of rotatable bonds is 5. The number of hydrogen-bond donors (Lipinski definition) is 2. The minimum Gasteiger partial charge on any atom is -0.493 e. The highest BCUT2D eigenvalue weighted by atomic mass is 35.5. The minimum atomic E-state index is -0.367. The van der Waals surface area contributed by atoms with Gasteiger partial charge in [0, 0.05) is 12.1 Å². The highest BCUT2D eigenvalue weighted by molar-refractivity contribution is 6.31. The van der Waals surface area contributed by atoms with Gasteiger partial charge < -0.3 is 4.74 Å². The number of methoxy groups -OCH3 is 1. The molecule has 5 nitrogen and oxygen atoms in total. The third-order valence-electron chi connectivity index (χ3n) is 3.14. The summed E-state index contributed by atoms with van der Waals surface area (Å²) in [7, 11) is 3.37. The fourth-order valence-electron chi connectivity index (χ4n) is 2.12. The van der Waals surface area contributed by atoms with Crippen LogP contribution in [-0.2, 0) is 13.5 Å². The molecule has 0 aliphatic rings. The van der Waals surface area contributed by atoms with Crippen LogP contribution < -0.4 is 16.0 Å². The van der Waals surface area contributed by atoms with Crippen molar-refractivity contribution < 1.29 is 9.13 Å². The smallest absolute Gasteiger partial charge is 0.161 e. The Bertz CT molecular complexity index is 602. The fourth-order valence-corrected chi connectivity index (χ4v) is 2.37. The largest absolute Gasteiger partial charge is 0.493 e. The summed E-state index contributed by atoms with van der Waals surface area (Å²) in [6, 6.07) is 4.05. The van der Waals surface area contributed by atoms with E-state index in [-0.39, 0.29) is 11.9 Å². The first-order chi connectivity index (χ1) is 9.56. The van der Waals surface area contributed by atoms with Gasteiger partial charge in [0.1, 0.15) is 5.82 Å². The van der Waals surface area contributed by atoms with E-state index in [1.807, 2.05) is 0 Å². The van der Waals surface area contributed by atoms with Crippen LogP contribution in [0.15, 0.2) is 24.4 Å². The second-order valence-corrected chi connectivity index (χ2v) is 4.79. The molecule has 0 bridgehead atoms. The lowest BCUT2D eigenvalue weighted by molar-refractivity contribution is 0.394. The van der Waals surface area contributed by atoms with Crippen LogP contribution in [0.25, 0.3) is 0 Å². The molecular formula is C13H16ClFN4O. The summed E-state index contributed by atoms with van der Waals surface area (Å²) in [4.78, 5) is 0. The van der Waals surface area contributed by atoms with E-state index >= 15 is 0 Å². The Labute approximate surface area is 121 Å². The predicted molar refractivity (Wildman–Crippen MR) is 74.9 cm³/mol. The summed E-state index contributed by atoms with van der Waals surface area (Å²) in [5, 5.41) is 4.50. The Morgan fingerprint density at radius 3 is 2.90 bits per heavy atom. The molecule has 2 rings (SSSR count). The van der Waals surface area contributed by atoms with Crippen LogP contribution >= 0.6 is 11.6 Å². The summed E-state index contributed by atoms with van der Waals surface area (Å²) in [5.41, 5.74) is 4.31. The molecule has 1 aromatic carbocycles. The number of nitrogens with two attached hydrogens (primary N) is 1. The van der Waals surface area contributed by atoms with E-state index in [4.69, 9.17) is 22.2 Å². The van der Waals surface area contributed by atoms with Gasteiger partial charge in [-0.3, -0.25) is 16.0 Å². The van der Waals surface area contributed by atoms with Crippen molar-refractivity contribution in [2.75, 3.05) is 7.11 Å². The maximum absolute atomic E-state index is 13.1. The van der Waals surface area contributed by atoms with Crippen molar-refractivity contribution in [1.82, 2.24) is 15.2 Å². The van der Waals surface area contributed by atoms with Gasteiger partial charge in [-0.2, -0.15) is 5.10 Å². The van der Waals surface area contributed by atoms with Gasteiger partial charge in [-0.15, -0.1) is 0 Å². The van der Waals surface area contributed by atoms with Crippen molar-refractivity contribution in [2.24, 2.45) is 12.9 Å². The third-order valence-corrected chi connectivity index (χ3v) is 3.49. The topological polar surface area (TPSA) is 65.1 Å². The average molecular weight is 299 g/mol. The highest BCUT2D eigenvalue weighted by Gasteiger charge is 2.21. The fraction of sp³-hybridized carbons (Fsp3) is 0.308. The van der Waals surface area contributed by atoms with Crippen molar-refractivity contribution in [3.8, 4) is 5.75 Å². The molecule has 1 aromatic heterocycles. The van der Waals surface area contributed by atoms with E-state index in [2.05, 4.69) is 10.5 Å². The number of aromatic nitrogens is 2. The zero-order valence-corrected chi connectivity index (χ0v) is 12.0. The number of nitrogens with zero attached hydrogens (tertiary/aromatic N) is 2. The molecule has 1 heterocycles. The summed E-state index contributed by atoms with van der Waals surface area (Å²) in [6.45, 7) is 0. The summed E-state index contributed by atoms with van der Waals surface area (Å²) >= 11 is 6.04. The molecular weight excluding hydrogens is 283 g/mol. The lowest BCUT2D eigenvalue weighted by Crippen LogP contribution is -2.31. The minimum absolute atomic E-state index is 0.250. The van der Waals surface area contributed by atoms with Crippen molar-refractivity contribution >= 4 is 11.6 Å². The first-order valence-electron chi connectivity index (χ1n) is 6.02. The summed E-state index contributed by atoms with van der Waals surface area (Å²) in [5.74, 6) is 5.89. The number of aryl methyl sites for hydroxylation is 1. The molecule has 0 saturated heterocycles. The number of benzene rings is 1. The van der Waals surface area contributed by atoms with E-state index in [1.165, 1.54) is 12.1 Å². The Hall–Kier alpha value is -1.63. The number of halogens is 2. The third kappa shape index (κ3) is 2.92. The molecule has 2 aromatic rings. The van der Waals surface area contributed by atoms with Gasteiger partial charge in [0.2, 0.25) is 0 Å². The quantitative estimate of drug-likeness (QED) is 0.654. The molecule has 0 aliphatic heterocycles. The molecule has 0 saturated carbocycles. The molecule has 108 valence electrons. The van der Waals surface area contributed by atoms with Crippen LogP contribution in [0.3, 0.4) is 0 Å². The van der Waals surface area contributed by atoms with Crippen molar-refractivity contribution in [3.05, 3.63) is 46.5 Å². The van der Waals surface area contributed by atoms with Crippen LogP contribution in [0.4, 0.5) is 4.39 Å². The van der Waals surface area contributed by atoms with Crippen molar-refractivity contribution in [1.29, 1.82) is 0 Å². The zero-order chi connectivity index (χ0) is 14.7. The van der Waals surface area contributed by atoms with Crippen LogP contribution in [0.2, 0.25) is 5.02 Å². The van der Waals surface area contributed by atoms with E-state index in [0.717, 1.165) is 11.3 Å². The number of hydrogen-bond acceptors (Lipinski definition) is 4. The molecule has 3 N–H and O–H groups in total.